The highest BCUT2D eigenvalue weighted by atomic mass is 35.5. The van der Waals surface area contributed by atoms with Crippen LogP contribution in [0.1, 0.15) is 28.4 Å². The van der Waals surface area contributed by atoms with E-state index in [2.05, 4.69) is 5.32 Å². The number of benzene rings is 3. The molecule has 1 aliphatic heterocycles. The van der Waals surface area contributed by atoms with Gasteiger partial charge >= 0.3 is 0 Å². The molecule has 3 aromatic carbocycles. The molecule has 1 aliphatic rings. The summed E-state index contributed by atoms with van der Waals surface area (Å²) < 4.78 is 0. The van der Waals surface area contributed by atoms with Gasteiger partial charge in [-0.3, -0.25) is 9.59 Å². The zero-order chi connectivity index (χ0) is 23.4. The largest absolute Gasteiger partial charge is 0.387 e. The van der Waals surface area contributed by atoms with Crippen molar-refractivity contribution < 1.29 is 14.7 Å². The van der Waals surface area contributed by atoms with E-state index in [4.69, 9.17) is 17.0 Å². The van der Waals surface area contributed by atoms with Gasteiger partial charge in [-0.05, 0) is 29.3 Å². The van der Waals surface area contributed by atoms with Crippen LogP contribution in [0.4, 0.5) is 0 Å². The molecule has 0 aliphatic carbocycles. The van der Waals surface area contributed by atoms with Crippen LogP contribution in [-0.2, 0) is 4.79 Å². The van der Waals surface area contributed by atoms with Crippen molar-refractivity contribution in [3.05, 3.63) is 95.0 Å². The molecule has 1 fully saturated rings. The summed E-state index contributed by atoms with van der Waals surface area (Å²) in [5, 5.41) is 21.7. The topological polar surface area (TPSA) is 93.5 Å². The van der Waals surface area contributed by atoms with Gasteiger partial charge in [0.2, 0.25) is 5.91 Å². The summed E-state index contributed by atoms with van der Waals surface area (Å²) in [5.41, 5.74) is 3.21. The molecule has 2 atom stereocenters. The third-order valence-electron chi connectivity index (χ3n) is 5.71. The van der Waals surface area contributed by atoms with Crippen molar-refractivity contribution in [3.63, 3.8) is 0 Å². The van der Waals surface area contributed by atoms with Crippen LogP contribution >= 0.6 is 11.6 Å². The number of carbonyl (C=O) groups is 2. The zero-order valence-electron chi connectivity index (χ0n) is 17.9. The van der Waals surface area contributed by atoms with Gasteiger partial charge < -0.3 is 20.7 Å². The van der Waals surface area contributed by atoms with Crippen LogP contribution in [0.5, 0.6) is 0 Å². The third-order valence-corrected chi connectivity index (χ3v) is 6.04. The van der Waals surface area contributed by atoms with Gasteiger partial charge in [0.05, 0.1) is 12.6 Å². The second-order valence-electron chi connectivity index (χ2n) is 7.99. The first-order valence-electron chi connectivity index (χ1n) is 10.7. The fourth-order valence-corrected chi connectivity index (χ4v) is 4.18. The minimum absolute atomic E-state index is 0.0290. The maximum absolute atomic E-state index is 13.2. The number of hydrogen-bond donors (Lipinski definition) is 3. The van der Waals surface area contributed by atoms with E-state index in [-0.39, 0.29) is 31.3 Å². The van der Waals surface area contributed by atoms with Gasteiger partial charge in [0, 0.05) is 34.8 Å². The smallest absolute Gasteiger partial charge is 0.254 e. The molecule has 0 spiro atoms. The van der Waals surface area contributed by atoms with Gasteiger partial charge in [0.15, 0.2) is 0 Å². The number of aliphatic hydroxyl groups excluding tert-OH is 1. The molecular formula is C26H24ClN3O3. The van der Waals surface area contributed by atoms with Gasteiger partial charge in [-0.15, -0.1) is 0 Å². The Kier molecular flexibility index (Phi) is 6.87. The molecule has 33 heavy (non-hydrogen) atoms. The van der Waals surface area contributed by atoms with E-state index in [9.17, 15) is 14.7 Å². The maximum Gasteiger partial charge on any atom is 0.254 e. The van der Waals surface area contributed by atoms with Gasteiger partial charge in [0.25, 0.3) is 5.91 Å². The highest BCUT2D eigenvalue weighted by Gasteiger charge is 2.37. The summed E-state index contributed by atoms with van der Waals surface area (Å²) in [5.74, 6) is -0.694. The van der Waals surface area contributed by atoms with Crippen molar-refractivity contribution >= 4 is 29.1 Å². The predicted octanol–water partition coefficient (Wildman–Crippen LogP) is 4.09. The number of nitrogens with zero attached hydrogens (tertiary/aromatic N) is 1. The second-order valence-corrected chi connectivity index (χ2v) is 8.39. The third kappa shape index (κ3) is 5.13. The Morgan fingerprint density at radius 3 is 2.39 bits per heavy atom. The zero-order valence-corrected chi connectivity index (χ0v) is 18.6. The van der Waals surface area contributed by atoms with Crippen LogP contribution in [0.3, 0.4) is 0 Å². The van der Waals surface area contributed by atoms with Crippen LogP contribution in [0.25, 0.3) is 11.1 Å². The fourth-order valence-electron chi connectivity index (χ4n) is 3.93. The first-order chi connectivity index (χ1) is 15.9. The van der Waals surface area contributed by atoms with Gasteiger partial charge in [0.1, 0.15) is 6.04 Å². The molecule has 4 rings (SSSR count). The number of hydrogen-bond acceptors (Lipinski definition) is 4. The van der Waals surface area contributed by atoms with Crippen LogP contribution < -0.4 is 5.32 Å². The lowest BCUT2D eigenvalue weighted by atomic mass is 10.0. The summed E-state index contributed by atoms with van der Waals surface area (Å²) in [4.78, 5) is 27.4. The molecule has 3 N–H and O–H groups in total. The van der Waals surface area contributed by atoms with E-state index < -0.39 is 12.1 Å². The lowest BCUT2D eigenvalue weighted by Crippen LogP contribution is -2.46. The van der Waals surface area contributed by atoms with Crippen molar-refractivity contribution in [2.45, 2.75) is 18.6 Å². The Hall–Kier alpha value is -3.48. The Labute approximate surface area is 197 Å². The molecule has 1 saturated heterocycles. The number of halogens is 1. The number of aliphatic hydroxyl groups is 1. The molecule has 3 aromatic rings. The normalized spacial score (nSPS) is 16.5. The Morgan fingerprint density at radius 1 is 1.03 bits per heavy atom. The number of likely N-dealkylation sites (tertiary alicyclic amines) is 1. The SMILES string of the molecule is N=C1C[C@@H](C(=O)NC[C@@H](O)c2ccccc2)N(C(=O)c2ccc(-c3ccccc3Cl)cc2)C1. The highest BCUT2D eigenvalue weighted by molar-refractivity contribution is 6.33. The van der Waals surface area contributed by atoms with Crippen molar-refractivity contribution in [1.29, 1.82) is 5.41 Å². The minimum atomic E-state index is -0.850. The Morgan fingerprint density at radius 2 is 1.70 bits per heavy atom. The van der Waals surface area contributed by atoms with Crippen molar-refractivity contribution in [1.82, 2.24) is 10.2 Å². The maximum atomic E-state index is 13.2. The first kappa shape index (κ1) is 22.7. The van der Waals surface area contributed by atoms with Gasteiger partial charge in [-0.25, -0.2) is 0 Å². The van der Waals surface area contributed by atoms with E-state index in [1.807, 2.05) is 54.6 Å². The minimum Gasteiger partial charge on any atom is -0.387 e. The van der Waals surface area contributed by atoms with Crippen molar-refractivity contribution in [3.8, 4) is 11.1 Å². The van der Waals surface area contributed by atoms with Gasteiger partial charge in [-0.1, -0.05) is 72.3 Å². The van der Waals surface area contributed by atoms with Crippen LogP contribution in [0.15, 0.2) is 78.9 Å². The second kappa shape index (κ2) is 9.98. The molecule has 168 valence electrons. The molecule has 7 heteroatoms. The van der Waals surface area contributed by atoms with Gasteiger partial charge in [-0.2, -0.15) is 0 Å². The molecule has 0 radical (unpaired) electrons. The molecule has 6 nitrogen and oxygen atoms in total. The van der Waals surface area contributed by atoms with E-state index in [1.165, 1.54) is 4.90 Å². The summed E-state index contributed by atoms with van der Waals surface area (Å²) in [6.07, 6.45) is -0.672. The van der Waals surface area contributed by atoms with E-state index >= 15 is 0 Å². The number of amides is 2. The molecule has 0 bridgehead atoms. The van der Waals surface area contributed by atoms with Crippen molar-refractivity contribution in [2.75, 3.05) is 13.1 Å². The lowest BCUT2D eigenvalue weighted by Gasteiger charge is -2.24. The molecule has 1 heterocycles. The molecule has 0 aromatic heterocycles. The lowest BCUT2D eigenvalue weighted by molar-refractivity contribution is -0.125. The summed E-state index contributed by atoms with van der Waals surface area (Å²) >= 11 is 6.26. The predicted molar refractivity (Wildman–Crippen MR) is 128 cm³/mol. The summed E-state index contributed by atoms with van der Waals surface area (Å²) in [6.45, 7) is 0.131. The van der Waals surface area contributed by atoms with Crippen LogP contribution in [0, 0.1) is 5.41 Å². The molecule has 0 unspecified atom stereocenters. The number of carbonyl (C=O) groups excluding carboxylic acids is 2. The Bertz CT molecular complexity index is 1160. The standard InChI is InChI=1S/C26H24ClN3O3/c27-22-9-5-4-8-21(22)17-10-12-19(13-11-17)26(33)30-16-20(28)14-23(30)25(32)29-15-24(31)18-6-2-1-3-7-18/h1-13,23-24,28,31H,14-16H2,(H,29,32)/t23-,24+/m0/s1. The number of rotatable bonds is 6. The molecular weight excluding hydrogens is 438 g/mol. The summed E-state index contributed by atoms with van der Waals surface area (Å²) in [6, 6.07) is 22.8. The average Bonchev–Trinajstić information content (AvgIpc) is 3.24. The van der Waals surface area contributed by atoms with E-state index in [0.717, 1.165) is 11.1 Å². The summed E-state index contributed by atoms with van der Waals surface area (Å²) in [7, 11) is 0. The fraction of sp³-hybridized carbons (Fsp3) is 0.192. The highest BCUT2D eigenvalue weighted by Crippen LogP contribution is 2.28. The molecule has 0 saturated carbocycles. The average molecular weight is 462 g/mol. The molecule has 2 amide bonds. The van der Waals surface area contributed by atoms with E-state index in [0.29, 0.717) is 21.9 Å². The van der Waals surface area contributed by atoms with Crippen LogP contribution in [-0.4, -0.2) is 46.7 Å². The van der Waals surface area contributed by atoms with Crippen molar-refractivity contribution in [2.24, 2.45) is 0 Å². The first-order valence-corrected chi connectivity index (χ1v) is 11.0. The van der Waals surface area contributed by atoms with E-state index in [1.54, 1.807) is 24.3 Å². The Balaban J connectivity index is 1.44. The monoisotopic (exact) mass is 461 g/mol. The number of nitrogens with one attached hydrogen (secondary N) is 2. The van der Waals surface area contributed by atoms with Crippen LogP contribution in [0.2, 0.25) is 5.02 Å². The quantitative estimate of drug-likeness (QED) is 0.516.